The lowest BCUT2D eigenvalue weighted by molar-refractivity contribution is 0.837. The molecule has 104 valence electrons. The van der Waals surface area contributed by atoms with Gasteiger partial charge in [-0.1, -0.05) is 42.5 Å². The number of para-hydroxylation sites is 1. The van der Waals surface area contributed by atoms with Crippen molar-refractivity contribution in [3.05, 3.63) is 71.4 Å². The molecule has 2 nitrogen and oxygen atoms in total. The lowest BCUT2D eigenvalue weighted by Gasteiger charge is -2.11. The Morgan fingerprint density at radius 2 is 1.81 bits per heavy atom. The van der Waals surface area contributed by atoms with Gasteiger partial charge in [0.25, 0.3) is 0 Å². The van der Waals surface area contributed by atoms with Crippen LogP contribution in [0.15, 0.2) is 54.7 Å². The van der Waals surface area contributed by atoms with E-state index in [0.29, 0.717) is 0 Å². The predicted octanol–water partition coefficient (Wildman–Crippen LogP) is 4.34. The van der Waals surface area contributed by atoms with Crippen LogP contribution in [-0.4, -0.2) is 4.57 Å². The van der Waals surface area contributed by atoms with Gasteiger partial charge >= 0.3 is 0 Å². The van der Waals surface area contributed by atoms with Crippen molar-refractivity contribution < 1.29 is 0 Å². The third kappa shape index (κ3) is 2.43. The number of rotatable bonds is 3. The number of nitrogens with zero attached hydrogens (tertiary/aromatic N) is 2. The van der Waals surface area contributed by atoms with Crippen LogP contribution in [0.3, 0.4) is 0 Å². The summed E-state index contributed by atoms with van der Waals surface area (Å²) in [6.45, 7) is 2.07. The molecule has 0 spiro atoms. The van der Waals surface area contributed by atoms with Gasteiger partial charge in [0, 0.05) is 24.1 Å². The average Bonchev–Trinajstić information content (AvgIpc) is 2.82. The summed E-state index contributed by atoms with van der Waals surface area (Å²) >= 11 is 0. The molecule has 1 aromatic heterocycles. The third-order valence-corrected chi connectivity index (χ3v) is 4.12. The maximum absolute atomic E-state index is 9.59. The zero-order chi connectivity index (χ0) is 14.8. The standard InChI is InChI=1S/C19H18N2/c1-14-7-3-4-8-17(14)15(12-20)11-16-13-21(2)19-10-6-5-9-18(16)19/h3-10,13,15H,11H2,1-2H3. The summed E-state index contributed by atoms with van der Waals surface area (Å²) in [4.78, 5) is 0. The Kier molecular flexibility index (Phi) is 3.50. The van der Waals surface area contributed by atoms with Crippen LogP contribution in [0.2, 0.25) is 0 Å². The molecule has 1 heterocycles. The van der Waals surface area contributed by atoms with Gasteiger partial charge in [0.2, 0.25) is 0 Å². The lowest BCUT2D eigenvalue weighted by atomic mass is 9.90. The molecule has 0 N–H and O–H groups in total. The van der Waals surface area contributed by atoms with Crippen molar-refractivity contribution in [3.63, 3.8) is 0 Å². The number of hydrogen-bond acceptors (Lipinski definition) is 1. The smallest absolute Gasteiger partial charge is 0.0756 e. The van der Waals surface area contributed by atoms with Gasteiger partial charge in [-0.3, -0.25) is 0 Å². The van der Waals surface area contributed by atoms with Crippen LogP contribution >= 0.6 is 0 Å². The van der Waals surface area contributed by atoms with Crippen LogP contribution in [0.5, 0.6) is 0 Å². The van der Waals surface area contributed by atoms with E-state index >= 15 is 0 Å². The Hall–Kier alpha value is -2.53. The van der Waals surface area contributed by atoms with Gasteiger partial charge in [0.1, 0.15) is 0 Å². The van der Waals surface area contributed by atoms with E-state index < -0.39 is 0 Å². The molecule has 21 heavy (non-hydrogen) atoms. The molecular formula is C19H18N2. The highest BCUT2D eigenvalue weighted by atomic mass is 14.9. The molecule has 0 aliphatic heterocycles. The second-order valence-electron chi connectivity index (χ2n) is 5.52. The van der Waals surface area contributed by atoms with E-state index in [-0.39, 0.29) is 5.92 Å². The summed E-state index contributed by atoms with van der Waals surface area (Å²) in [6.07, 6.45) is 2.90. The van der Waals surface area contributed by atoms with Gasteiger partial charge < -0.3 is 4.57 Å². The number of fused-ring (bicyclic) bond motifs is 1. The van der Waals surface area contributed by atoms with E-state index in [1.807, 2.05) is 12.1 Å². The molecule has 0 saturated heterocycles. The molecule has 0 radical (unpaired) electrons. The highest BCUT2D eigenvalue weighted by Crippen LogP contribution is 2.28. The second kappa shape index (κ2) is 5.46. The van der Waals surface area contributed by atoms with Crippen LogP contribution in [-0.2, 0) is 13.5 Å². The number of benzene rings is 2. The molecule has 1 unspecified atom stereocenters. The number of aryl methyl sites for hydroxylation is 2. The quantitative estimate of drug-likeness (QED) is 0.698. The molecule has 2 heteroatoms. The molecule has 0 aliphatic carbocycles. The zero-order valence-electron chi connectivity index (χ0n) is 12.4. The number of nitriles is 1. The SMILES string of the molecule is Cc1ccccc1C(C#N)Cc1cn(C)c2ccccc12. The first kappa shape index (κ1) is 13.5. The van der Waals surface area contributed by atoms with E-state index in [0.717, 1.165) is 12.0 Å². The van der Waals surface area contributed by atoms with Crippen molar-refractivity contribution in [1.82, 2.24) is 4.57 Å². The van der Waals surface area contributed by atoms with Gasteiger partial charge in [0.05, 0.1) is 12.0 Å². The normalized spacial score (nSPS) is 12.2. The first-order valence-electron chi connectivity index (χ1n) is 7.19. The monoisotopic (exact) mass is 274 g/mol. The molecule has 2 aromatic carbocycles. The fourth-order valence-electron chi connectivity index (χ4n) is 3.01. The van der Waals surface area contributed by atoms with Crippen LogP contribution in [0.4, 0.5) is 0 Å². The summed E-state index contributed by atoms with van der Waals surface area (Å²) in [5, 5.41) is 10.8. The van der Waals surface area contributed by atoms with Crippen molar-refractivity contribution in [2.75, 3.05) is 0 Å². The Bertz CT molecular complexity index is 821. The second-order valence-corrected chi connectivity index (χ2v) is 5.52. The minimum absolute atomic E-state index is 0.1000. The molecule has 3 rings (SSSR count). The zero-order valence-corrected chi connectivity index (χ0v) is 12.4. The van der Waals surface area contributed by atoms with Crippen LogP contribution in [0, 0.1) is 18.3 Å². The maximum atomic E-state index is 9.59. The van der Waals surface area contributed by atoms with Crippen molar-refractivity contribution in [2.24, 2.45) is 7.05 Å². The summed E-state index contributed by atoms with van der Waals surface area (Å²) < 4.78 is 2.14. The highest BCUT2D eigenvalue weighted by Gasteiger charge is 2.16. The van der Waals surface area contributed by atoms with Gasteiger partial charge in [-0.05, 0) is 36.1 Å². The van der Waals surface area contributed by atoms with Crippen LogP contribution < -0.4 is 0 Å². The van der Waals surface area contributed by atoms with Gasteiger partial charge in [-0.15, -0.1) is 0 Å². The summed E-state index contributed by atoms with van der Waals surface area (Å²) in [6, 6.07) is 19.0. The average molecular weight is 274 g/mol. The van der Waals surface area contributed by atoms with E-state index in [4.69, 9.17) is 0 Å². The topological polar surface area (TPSA) is 28.7 Å². The minimum Gasteiger partial charge on any atom is -0.350 e. The maximum Gasteiger partial charge on any atom is 0.0756 e. The van der Waals surface area contributed by atoms with Crippen LogP contribution in [0.25, 0.3) is 10.9 Å². The molecular weight excluding hydrogens is 256 g/mol. The fourth-order valence-corrected chi connectivity index (χ4v) is 3.01. The third-order valence-electron chi connectivity index (χ3n) is 4.12. The Balaban J connectivity index is 2.01. The highest BCUT2D eigenvalue weighted by molar-refractivity contribution is 5.84. The fraction of sp³-hybridized carbons (Fsp3) is 0.211. The Labute approximate surface area is 125 Å². The number of hydrogen-bond donors (Lipinski definition) is 0. The minimum atomic E-state index is -0.1000. The first-order chi connectivity index (χ1) is 10.2. The van der Waals surface area contributed by atoms with Crippen molar-refractivity contribution in [3.8, 4) is 6.07 Å². The van der Waals surface area contributed by atoms with E-state index in [2.05, 4.69) is 67.2 Å². The van der Waals surface area contributed by atoms with Crippen molar-refractivity contribution >= 4 is 10.9 Å². The Morgan fingerprint density at radius 3 is 2.57 bits per heavy atom. The van der Waals surface area contributed by atoms with Crippen LogP contribution in [0.1, 0.15) is 22.6 Å². The molecule has 0 amide bonds. The molecule has 1 atom stereocenters. The van der Waals surface area contributed by atoms with Crippen molar-refractivity contribution in [2.45, 2.75) is 19.3 Å². The van der Waals surface area contributed by atoms with Gasteiger partial charge in [0.15, 0.2) is 0 Å². The molecule has 0 saturated carbocycles. The van der Waals surface area contributed by atoms with Crippen molar-refractivity contribution in [1.29, 1.82) is 5.26 Å². The molecule has 0 bridgehead atoms. The largest absolute Gasteiger partial charge is 0.350 e. The summed E-state index contributed by atoms with van der Waals surface area (Å²) in [5.74, 6) is -0.1000. The molecule has 0 fully saturated rings. The Morgan fingerprint density at radius 1 is 1.10 bits per heavy atom. The number of aromatic nitrogens is 1. The van der Waals surface area contributed by atoms with E-state index in [1.165, 1.54) is 22.0 Å². The molecule has 0 aliphatic rings. The van der Waals surface area contributed by atoms with Gasteiger partial charge in [-0.25, -0.2) is 0 Å². The van der Waals surface area contributed by atoms with E-state index in [9.17, 15) is 5.26 Å². The summed E-state index contributed by atoms with van der Waals surface area (Å²) in [5.41, 5.74) is 4.77. The molecule has 3 aromatic rings. The van der Waals surface area contributed by atoms with E-state index in [1.54, 1.807) is 0 Å². The first-order valence-corrected chi connectivity index (χ1v) is 7.19. The predicted molar refractivity (Wildman–Crippen MR) is 86.2 cm³/mol. The van der Waals surface area contributed by atoms with Gasteiger partial charge in [-0.2, -0.15) is 5.26 Å². The summed E-state index contributed by atoms with van der Waals surface area (Å²) in [7, 11) is 2.06. The lowest BCUT2D eigenvalue weighted by Crippen LogP contribution is -2.02.